The molecule has 0 nitrogen and oxygen atoms in total. The molecule has 0 aromatic heterocycles. The highest BCUT2D eigenvalue weighted by Gasteiger charge is 1.95. The molecule has 1 radical (unpaired) electrons. The number of benzene rings is 3. The molecular weight excluding hydrogens is 264 g/mol. The van der Waals surface area contributed by atoms with Crippen molar-refractivity contribution in [2.24, 2.45) is 0 Å². The number of rotatable bonds is 0. The molecule has 0 aliphatic carbocycles. The molecule has 0 aliphatic heterocycles. The molecule has 3 aromatic carbocycles. The summed E-state index contributed by atoms with van der Waals surface area (Å²) in [5.74, 6) is 12.7. The van der Waals surface area contributed by atoms with Gasteiger partial charge in [0.2, 0.25) is 0 Å². The van der Waals surface area contributed by atoms with Crippen LogP contribution in [0.4, 0.5) is 0 Å². The Hall–Kier alpha value is -3.22. The molecule has 0 saturated carbocycles. The molecule has 0 bridgehead atoms. The lowest BCUT2D eigenvalue weighted by Gasteiger charge is -1.95. The van der Waals surface area contributed by atoms with Crippen LogP contribution in [0.15, 0.2) is 78.9 Å². The Labute approximate surface area is 131 Å². The van der Waals surface area contributed by atoms with Gasteiger partial charge in [0.1, 0.15) is 0 Å². The summed E-state index contributed by atoms with van der Waals surface area (Å²) in [6, 6.07) is 28.7. The maximum atomic E-state index is 3.19. The summed E-state index contributed by atoms with van der Waals surface area (Å²) in [5.41, 5.74) is 3.81. The van der Waals surface area contributed by atoms with Crippen LogP contribution in [0.3, 0.4) is 0 Å². The van der Waals surface area contributed by atoms with Gasteiger partial charge in [0.05, 0.1) is 0 Å². The van der Waals surface area contributed by atoms with Crippen LogP contribution < -0.4 is 0 Å². The van der Waals surface area contributed by atoms with Crippen molar-refractivity contribution < 1.29 is 0 Å². The van der Waals surface area contributed by atoms with Gasteiger partial charge in [-0.3, -0.25) is 0 Å². The predicted octanol–water partition coefficient (Wildman–Crippen LogP) is 4.29. The van der Waals surface area contributed by atoms with Gasteiger partial charge in [-0.1, -0.05) is 66.1 Å². The first-order chi connectivity index (χ1) is 10.9. The van der Waals surface area contributed by atoms with E-state index in [0.29, 0.717) is 0 Å². The van der Waals surface area contributed by atoms with Gasteiger partial charge in [-0.2, -0.15) is 0 Å². The van der Waals surface area contributed by atoms with Crippen LogP contribution in [0.5, 0.6) is 0 Å². The predicted molar refractivity (Wildman–Crippen MR) is 90.1 cm³/mol. The van der Waals surface area contributed by atoms with Crippen molar-refractivity contribution in [3.63, 3.8) is 0 Å². The van der Waals surface area contributed by atoms with Crippen LogP contribution in [0.2, 0.25) is 0 Å². The highest BCUT2D eigenvalue weighted by molar-refractivity contribution is 5.54. The highest BCUT2D eigenvalue weighted by atomic mass is 14.0. The molecular formula is C22H13. The lowest BCUT2D eigenvalue weighted by Crippen LogP contribution is -1.83. The van der Waals surface area contributed by atoms with Crippen molar-refractivity contribution in [3.8, 4) is 23.7 Å². The van der Waals surface area contributed by atoms with Crippen LogP contribution in [0.1, 0.15) is 22.3 Å². The standard InChI is InChI=1S/C22H13/c1-3-9-19(10-4-1)15-17-21-13-7-8-14-22(21)18-16-20-11-5-2-6-12-20/h1-7,9-14H. The average molecular weight is 277 g/mol. The molecule has 3 aromatic rings. The number of hydrogen-bond donors (Lipinski definition) is 0. The van der Waals surface area contributed by atoms with Crippen molar-refractivity contribution in [3.05, 3.63) is 107 Å². The summed E-state index contributed by atoms with van der Waals surface area (Å²) < 4.78 is 0. The average Bonchev–Trinajstić information content (AvgIpc) is 2.61. The molecule has 0 N–H and O–H groups in total. The second-order valence-electron chi connectivity index (χ2n) is 4.70. The second kappa shape index (κ2) is 6.98. The lowest BCUT2D eigenvalue weighted by atomic mass is 10.1. The Morgan fingerprint density at radius 2 is 1.09 bits per heavy atom. The van der Waals surface area contributed by atoms with Crippen LogP contribution in [0.25, 0.3) is 0 Å². The van der Waals surface area contributed by atoms with Gasteiger partial charge in [-0.05, 0) is 42.5 Å². The third-order valence-corrected chi connectivity index (χ3v) is 3.09. The van der Waals surface area contributed by atoms with Gasteiger partial charge >= 0.3 is 0 Å². The third kappa shape index (κ3) is 3.66. The van der Waals surface area contributed by atoms with E-state index in [1.807, 2.05) is 78.9 Å². The molecule has 0 saturated heterocycles. The van der Waals surface area contributed by atoms with E-state index in [-0.39, 0.29) is 0 Å². The van der Waals surface area contributed by atoms with Gasteiger partial charge in [0, 0.05) is 22.3 Å². The van der Waals surface area contributed by atoms with Crippen molar-refractivity contribution in [2.45, 2.75) is 0 Å². The van der Waals surface area contributed by atoms with E-state index in [1.54, 1.807) is 0 Å². The fraction of sp³-hybridized carbons (Fsp3) is 0. The molecule has 0 unspecified atom stereocenters. The van der Waals surface area contributed by atoms with E-state index in [9.17, 15) is 0 Å². The van der Waals surface area contributed by atoms with E-state index in [2.05, 4.69) is 29.7 Å². The first-order valence-corrected chi connectivity index (χ1v) is 7.06. The summed E-state index contributed by atoms with van der Waals surface area (Å²) in [6.45, 7) is 0. The first-order valence-electron chi connectivity index (χ1n) is 7.06. The molecule has 3 rings (SSSR count). The van der Waals surface area contributed by atoms with Crippen LogP contribution >= 0.6 is 0 Å². The fourth-order valence-electron chi connectivity index (χ4n) is 1.96. The summed E-state index contributed by atoms with van der Waals surface area (Å²) in [4.78, 5) is 0. The SMILES string of the molecule is C(#Cc1c[c]ccc1C#Cc1ccccc1)c1ccccc1. The lowest BCUT2D eigenvalue weighted by molar-refractivity contribution is 1.56. The van der Waals surface area contributed by atoms with Crippen molar-refractivity contribution in [1.29, 1.82) is 0 Å². The van der Waals surface area contributed by atoms with Gasteiger partial charge in [-0.15, -0.1) is 0 Å². The number of hydrogen-bond acceptors (Lipinski definition) is 0. The third-order valence-electron chi connectivity index (χ3n) is 3.09. The minimum atomic E-state index is 0.898. The molecule has 0 amide bonds. The maximum Gasteiger partial charge on any atom is 0.0411 e. The molecule has 101 valence electrons. The Morgan fingerprint density at radius 1 is 0.545 bits per heavy atom. The van der Waals surface area contributed by atoms with Gasteiger partial charge in [-0.25, -0.2) is 0 Å². The zero-order valence-electron chi connectivity index (χ0n) is 12.0. The molecule has 0 fully saturated rings. The molecule has 0 heterocycles. The highest BCUT2D eigenvalue weighted by Crippen LogP contribution is 2.07. The maximum absolute atomic E-state index is 3.19. The molecule has 0 aliphatic rings. The van der Waals surface area contributed by atoms with Crippen LogP contribution in [0, 0.1) is 29.7 Å². The monoisotopic (exact) mass is 277 g/mol. The van der Waals surface area contributed by atoms with Gasteiger partial charge in [0.25, 0.3) is 0 Å². The van der Waals surface area contributed by atoms with Crippen LogP contribution in [-0.2, 0) is 0 Å². The molecule has 0 atom stereocenters. The minimum Gasteiger partial charge on any atom is -0.0622 e. The zero-order valence-corrected chi connectivity index (χ0v) is 12.0. The summed E-state index contributed by atoms with van der Waals surface area (Å²) in [7, 11) is 0. The van der Waals surface area contributed by atoms with Crippen molar-refractivity contribution >= 4 is 0 Å². The zero-order chi connectivity index (χ0) is 15.0. The fourth-order valence-corrected chi connectivity index (χ4v) is 1.96. The van der Waals surface area contributed by atoms with Gasteiger partial charge in [0.15, 0.2) is 0 Å². The Kier molecular flexibility index (Phi) is 4.36. The van der Waals surface area contributed by atoms with Crippen molar-refractivity contribution in [2.75, 3.05) is 0 Å². The quantitative estimate of drug-likeness (QED) is 0.538. The smallest absolute Gasteiger partial charge is 0.0411 e. The first kappa shape index (κ1) is 13.7. The topological polar surface area (TPSA) is 0 Å². The Balaban J connectivity index is 1.92. The minimum absolute atomic E-state index is 0.898. The van der Waals surface area contributed by atoms with E-state index in [4.69, 9.17) is 0 Å². The van der Waals surface area contributed by atoms with E-state index in [1.165, 1.54) is 0 Å². The molecule has 0 spiro atoms. The molecule has 0 heteroatoms. The van der Waals surface area contributed by atoms with Gasteiger partial charge < -0.3 is 0 Å². The second-order valence-corrected chi connectivity index (χ2v) is 4.70. The van der Waals surface area contributed by atoms with E-state index < -0.39 is 0 Å². The Bertz CT molecular complexity index is 791. The summed E-state index contributed by atoms with van der Waals surface area (Å²) in [5, 5.41) is 0. The summed E-state index contributed by atoms with van der Waals surface area (Å²) in [6.07, 6.45) is 0. The normalized spacial score (nSPS) is 9.09. The van der Waals surface area contributed by atoms with Crippen LogP contribution in [-0.4, -0.2) is 0 Å². The van der Waals surface area contributed by atoms with E-state index in [0.717, 1.165) is 22.3 Å². The largest absolute Gasteiger partial charge is 0.0622 e. The Morgan fingerprint density at radius 3 is 1.68 bits per heavy atom. The summed E-state index contributed by atoms with van der Waals surface area (Å²) >= 11 is 0. The van der Waals surface area contributed by atoms with Crippen molar-refractivity contribution in [1.82, 2.24) is 0 Å². The van der Waals surface area contributed by atoms with E-state index >= 15 is 0 Å². The molecule has 22 heavy (non-hydrogen) atoms.